The third-order valence-corrected chi connectivity index (χ3v) is 10.9. The summed E-state index contributed by atoms with van der Waals surface area (Å²) in [7, 11) is 0. The first kappa shape index (κ1) is 31.2. The third-order valence-electron chi connectivity index (χ3n) is 10.9. The molecule has 2 aromatic heterocycles. The maximum absolute atomic E-state index is 6.54. The van der Waals surface area contributed by atoms with Gasteiger partial charge in [0.15, 0.2) is 0 Å². The standard InChI is InChI=1S/C52H33NO2/c1-2-11-34(12-3-1)35-23-27-39(28-24-35)53(40-29-25-37(26-30-40)43-19-9-14-36-13-4-5-17-42(36)43)41-16-8-15-38(33-41)44-20-10-22-48-50(44)51-49(54-48)32-31-46-45-18-6-7-21-47(45)55-52(46)51/h1-33H. The predicted molar refractivity (Wildman–Crippen MR) is 229 cm³/mol. The second-order valence-electron chi connectivity index (χ2n) is 14.1. The number of para-hydroxylation sites is 1. The van der Waals surface area contributed by atoms with Crippen LogP contribution in [0.4, 0.5) is 17.1 Å². The largest absolute Gasteiger partial charge is 0.456 e. The zero-order chi connectivity index (χ0) is 36.3. The van der Waals surface area contributed by atoms with E-state index in [-0.39, 0.29) is 0 Å². The average molecular weight is 704 g/mol. The van der Waals surface area contributed by atoms with E-state index in [1.165, 1.54) is 33.0 Å². The molecule has 9 aromatic carbocycles. The van der Waals surface area contributed by atoms with Crippen molar-refractivity contribution in [3.8, 4) is 33.4 Å². The Balaban J connectivity index is 1.07. The molecule has 0 saturated heterocycles. The lowest BCUT2D eigenvalue weighted by Gasteiger charge is -2.26. The van der Waals surface area contributed by atoms with Gasteiger partial charge in [0.1, 0.15) is 22.3 Å². The van der Waals surface area contributed by atoms with Crippen LogP contribution in [0, 0.1) is 0 Å². The SMILES string of the molecule is c1ccc(-c2ccc(N(c3ccc(-c4cccc5ccccc45)cc3)c3cccc(-c4cccc5oc6ccc7c8ccccc8oc7c6c45)c3)cc2)cc1. The van der Waals surface area contributed by atoms with Crippen LogP contribution < -0.4 is 4.90 Å². The van der Waals surface area contributed by atoms with Gasteiger partial charge in [0.25, 0.3) is 0 Å². The fraction of sp³-hybridized carbons (Fsp3) is 0. The van der Waals surface area contributed by atoms with Gasteiger partial charge in [-0.05, 0) is 105 Å². The maximum atomic E-state index is 6.54. The molecule has 258 valence electrons. The van der Waals surface area contributed by atoms with Crippen LogP contribution in [0.3, 0.4) is 0 Å². The molecule has 0 bridgehead atoms. The van der Waals surface area contributed by atoms with E-state index in [0.717, 1.165) is 72.1 Å². The van der Waals surface area contributed by atoms with Gasteiger partial charge < -0.3 is 13.7 Å². The quantitative estimate of drug-likeness (QED) is 0.173. The fourth-order valence-corrected chi connectivity index (χ4v) is 8.29. The molecule has 0 aliphatic carbocycles. The van der Waals surface area contributed by atoms with Crippen LogP contribution in [0.1, 0.15) is 0 Å². The van der Waals surface area contributed by atoms with Crippen LogP contribution in [0.2, 0.25) is 0 Å². The lowest BCUT2D eigenvalue weighted by Crippen LogP contribution is -2.10. The van der Waals surface area contributed by atoms with Crippen molar-refractivity contribution in [3.05, 3.63) is 200 Å². The molecule has 0 atom stereocenters. The number of nitrogens with zero attached hydrogens (tertiary/aromatic N) is 1. The highest BCUT2D eigenvalue weighted by Gasteiger charge is 2.20. The number of hydrogen-bond acceptors (Lipinski definition) is 3. The zero-order valence-electron chi connectivity index (χ0n) is 29.8. The molecule has 3 nitrogen and oxygen atoms in total. The topological polar surface area (TPSA) is 29.5 Å². The Hall–Kier alpha value is -7.36. The van der Waals surface area contributed by atoms with Crippen LogP contribution in [0.15, 0.2) is 209 Å². The normalized spacial score (nSPS) is 11.6. The summed E-state index contributed by atoms with van der Waals surface area (Å²) in [5.74, 6) is 0. The van der Waals surface area contributed by atoms with Crippen LogP contribution in [-0.2, 0) is 0 Å². The molecule has 0 saturated carbocycles. The Morgan fingerprint density at radius 3 is 1.75 bits per heavy atom. The summed E-state index contributed by atoms with van der Waals surface area (Å²) in [6.07, 6.45) is 0. The van der Waals surface area contributed by atoms with E-state index >= 15 is 0 Å². The molecular formula is C52H33NO2. The Labute approximate surface area is 317 Å². The highest BCUT2D eigenvalue weighted by atomic mass is 16.3. The van der Waals surface area contributed by atoms with Crippen molar-refractivity contribution in [2.45, 2.75) is 0 Å². The number of anilines is 3. The Kier molecular flexibility index (Phi) is 7.17. The molecule has 3 heteroatoms. The van der Waals surface area contributed by atoms with Gasteiger partial charge in [0.05, 0.1) is 5.39 Å². The van der Waals surface area contributed by atoms with E-state index in [2.05, 4.69) is 193 Å². The molecule has 0 fully saturated rings. The first-order valence-corrected chi connectivity index (χ1v) is 18.7. The van der Waals surface area contributed by atoms with Gasteiger partial charge in [-0.3, -0.25) is 0 Å². The summed E-state index contributed by atoms with van der Waals surface area (Å²) in [6.45, 7) is 0. The van der Waals surface area contributed by atoms with E-state index in [0.29, 0.717) is 0 Å². The minimum atomic E-state index is 0.816. The van der Waals surface area contributed by atoms with E-state index < -0.39 is 0 Å². The first-order valence-electron chi connectivity index (χ1n) is 18.7. The zero-order valence-corrected chi connectivity index (χ0v) is 29.8. The molecule has 2 heterocycles. The van der Waals surface area contributed by atoms with E-state index in [9.17, 15) is 0 Å². The van der Waals surface area contributed by atoms with Crippen molar-refractivity contribution in [3.63, 3.8) is 0 Å². The summed E-state index contributed by atoms with van der Waals surface area (Å²) in [5.41, 5.74) is 13.6. The molecule has 11 rings (SSSR count). The summed E-state index contributed by atoms with van der Waals surface area (Å²) in [6, 6.07) is 71.0. The van der Waals surface area contributed by atoms with Gasteiger partial charge in [-0.2, -0.15) is 0 Å². The smallest absolute Gasteiger partial charge is 0.147 e. The molecule has 0 aliphatic rings. The molecule has 0 spiro atoms. The second-order valence-corrected chi connectivity index (χ2v) is 14.1. The van der Waals surface area contributed by atoms with Crippen molar-refractivity contribution in [1.82, 2.24) is 0 Å². The minimum Gasteiger partial charge on any atom is -0.456 e. The van der Waals surface area contributed by atoms with Crippen molar-refractivity contribution in [2.75, 3.05) is 4.90 Å². The maximum Gasteiger partial charge on any atom is 0.147 e. The van der Waals surface area contributed by atoms with E-state index in [4.69, 9.17) is 8.83 Å². The molecule has 0 amide bonds. The number of furan rings is 2. The third kappa shape index (κ3) is 5.20. The van der Waals surface area contributed by atoms with Crippen molar-refractivity contribution >= 4 is 71.7 Å². The summed E-state index contributed by atoms with van der Waals surface area (Å²) in [4.78, 5) is 2.34. The van der Waals surface area contributed by atoms with Crippen molar-refractivity contribution in [2.24, 2.45) is 0 Å². The van der Waals surface area contributed by atoms with Crippen LogP contribution in [0.5, 0.6) is 0 Å². The second kappa shape index (κ2) is 12.6. The van der Waals surface area contributed by atoms with E-state index in [1.807, 2.05) is 12.1 Å². The molecule has 0 N–H and O–H groups in total. The lowest BCUT2D eigenvalue weighted by atomic mass is 9.97. The summed E-state index contributed by atoms with van der Waals surface area (Å²) in [5, 5.41) is 6.74. The summed E-state index contributed by atoms with van der Waals surface area (Å²) < 4.78 is 13.0. The highest BCUT2D eigenvalue weighted by Crippen LogP contribution is 2.44. The van der Waals surface area contributed by atoms with Gasteiger partial charge in [-0.1, -0.05) is 140 Å². The molecule has 55 heavy (non-hydrogen) atoms. The molecule has 0 unspecified atom stereocenters. The van der Waals surface area contributed by atoms with Crippen molar-refractivity contribution < 1.29 is 8.83 Å². The van der Waals surface area contributed by atoms with Gasteiger partial charge >= 0.3 is 0 Å². The van der Waals surface area contributed by atoms with Gasteiger partial charge in [0.2, 0.25) is 0 Å². The summed E-state index contributed by atoms with van der Waals surface area (Å²) >= 11 is 0. The lowest BCUT2D eigenvalue weighted by molar-refractivity contribution is 0.663. The fourth-order valence-electron chi connectivity index (χ4n) is 8.29. The Morgan fingerprint density at radius 2 is 0.909 bits per heavy atom. The van der Waals surface area contributed by atoms with E-state index in [1.54, 1.807) is 0 Å². The van der Waals surface area contributed by atoms with Gasteiger partial charge in [-0.25, -0.2) is 0 Å². The monoisotopic (exact) mass is 703 g/mol. The van der Waals surface area contributed by atoms with Gasteiger partial charge in [-0.15, -0.1) is 0 Å². The molecule has 0 aliphatic heterocycles. The predicted octanol–water partition coefficient (Wildman–Crippen LogP) is 15.1. The Morgan fingerprint density at radius 1 is 0.309 bits per heavy atom. The van der Waals surface area contributed by atoms with Gasteiger partial charge in [0, 0.05) is 33.2 Å². The van der Waals surface area contributed by atoms with Crippen LogP contribution in [0.25, 0.3) is 88.0 Å². The van der Waals surface area contributed by atoms with Crippen LogP contribution in [-0.4, -0.2) is 0 Å². The average Bonchev–Trinajstić information content (AvgIpc) is 3.83. The number of hydrogen-bond donors (Lipinski definition) is 0. The number of benzene rings is 9. The molecule has 11 aromatic rings. The van der Waals surface area contributed by atoms with Crippen molar-refractivity contribution in [1.29, 1.82) is 0 Å². The van der Waals surface area contributed by atoms with Crippen LogP contribution >= 0.6 is 0 Å². The minimum absolute atomic E-state index is 0.816. The first-order chi connectivity index (χ1) is 27.3. The highest BCUT2D eigenvalue weighted by molar-refractivity contribution is 6.24. The molecule has 0 radical (unpaired) electrons. The number of rotatable bonds is 6. The number of fused-ring (bicyclic) bond motifs is 8. The Bertz CT molecular complexity index is 3180. The molecular weight excluding hydrogens is 671 g/mol.